The van der Waals surface area contributed by atoms with Crippen molar-refractivity contribution in [2.24, 2.45) is 14.1 Å². The van der Waals surface area contributed by atoms with Gasteiger partial charge < -0.3 is 4.57 Å². The molecule has 3 heteroatoms. The van der Waals surface area contributed by atoms with Gasteiger partial charge >= 0.3 is 6.71 Å². The lowest BCUT2D eigenvalue weighted by Gasteiger charge is -2.30. The van der Waals surface area contributed by atoms with Crippen LogP contribution >= 0.6 is 0 Å². The van der Waals surface area contributed by atoms with Crippen LogP contribution in [-0.2, 0) is 26.9 Å². The molecule has 2 nitrogen and oxygen atoms in total. The van der Waals surface area contributed by atoms with E-state index < -0.39 is 0 Å². The second kappa shape index (κ2) is 4.13. The molecular weight excluding hydrogens is 267 g/mol. The average Bonchev–Trinajstić information content (AvgIpc) is 2.88. The van der Waals surface area contributed by atoms with Crippen LogP contribution in [-0.4, -0.2) is 11.3 Å². The van der Waals surface area contributed by atoms with Gasteiger partial charge in [-0.05, 0) is 35.2 Å². The molecule has 106 valence electrons. The minimum absolute atomic E-state index is 0.380. The summed E-state index contributed by atoms with van der Waals surface area (Å²) in [5.41, 5.74) is 10.5. The summed E-state index contributed by atoms with van der Waals surface area (Å²) in [6.07, 6.45) is 6.53. The zero-order valence-electron chi connectivity index (χ0n) is 13.0. The molecule has 2 aliphatic heterocycles. The average molecular weight is 285 g/mol. The Morgan fingerprint density at radius 1 is 0.955 bits per heavy atom. The first-order valence-electron chi connectivity index (χ1n) is 7.96. The van der Waals surface area contributed by atoms with E-state index in [1.54, 1.807) is 5.46 Å². The van der Waals surface area contributed by atoms with E-state index in [-0.39, 0.29) is 0 Å². The molecule has 0 unspecified atom stereocenters. The zero-order valence-corrected chi connectivity index (χ0v) is 13.0. The summed E-state index contributed by atoms with van der Waals surface area (Å²) in [6.45, 7) is 0.380. The molecular formula is C19H18BN2+. The topological polar surface area (TPSA) is 8.81 Å². The van der Waals surface area contributed by atoms with Crippen LogP contribution in [0.5, 0.6) is 0 Å². The van der Waals surface area contributed by atoms with Crippen LogP contribution in [0.15, 0.2) is 48.8 Å². The van der Waals surface area contributed by atoms with Crippen molar-refractivity contribution in [2.45, 2.75) is 12.8 Å². The molecule has 0 saturated carbocycles. The highest BCUT2D eigenvalue weighted by Gasteiger charge is 2.43. The lowest BCUT2D eigenvalue weighted by atomic mass is 9.33. The second-order valence-electron chi connectivity index (χ2n) is 6.64. The molecule has 22 heavy (non-hydrogen) atoms. The minimum atomic E-state index is 0.380. The Morgan fingerprint density at radius 3 is 2.50 bits per heavy atom. The van der Waals surface area contributed by atoms with Gasteiger partial charge in [-0.1, -0.05) is 23.7 Å². The molecule has 2 aliphatic rings. The lowest BCUT2D eigenvalue weighted by molar-refractivity contribution is -0.654. The van der Waals surface area contributed by atoms with Gasteiger partial charge in [0, 0.05) is 36.9 Å². The molecule has 0 amide bonds. The molecule has 5 rings (SSSR count). The highest BCUT2D eigenvalue weighted by molar-refractivity contribution is 6.96. The third-order valence-electron chi connectivity index (χ3n) is 5.41. The Morgan fingerprint density at radius 2 is 1.68 bits per heavy atom. The third-order valence-corrected chi connectivity index (χ3v) is 5.41. The van der Waals surface area contributed by atoms with Gasteiger partial charge in [0.25, 0.3) is 0 Å². The fourth-order valence-electron chi connectivity index (χ4n) is 4.51. The molecule has 1 aromatic carbocycles. The van der Waals surface area contributed by atoms with Crippen LogP contribution in [0, 0.1) is 0 Å². The van der Waals surface area contributed by atoms with Crippen molar-refractivity contribution in [3.05, 3.63) is 71.0 Å². The van der Waals surface area contributed by atoms with Crippen LogP contribution < -0.4 is 21.2 Å². The molecule has 2 aromatic heterocycles. The predicted molar refractivity (Wildman–Crippen MR) is 89.7 cm³/mol. The van der Waals surface area contributed by atoms with Crippen LogP contribution in [0.4, 0.5) is 0 Å². The normalized spacial score (nSPS) is 14.4. The van der Waals surface area contributed by atoms with Gasteiger partial charge in [-0.25, -0.2) is 4.57 Å². The van der Waals surface area contributed by atoms with E-state index in [0.29, 0.717) is 6.71 Å². The van der Waals surface area contributed by atoms with Gasteiger partial charge in [-0.2, -0.15) is 0 Å². The third kappa shape index (κ3) is 1.44. The minimum Gasteiger partial charge on any atom is -0.361 e. The largest absolute Gasteiger partial charge is 0.361 e. The van der Waals surface area contributed by atoms with E-state index in [0.717, 1.165) is 12.8 Å². The molecule has 0 bridgehead atoms. The second-order valence-corrected chi connectivity index (χ2v) is 6.64. The number of benzene rings is 1. The maximum absolute atomic E-state index is 2.32. The van der Waals surface area contributed by atoms with Gasteiger partial charge in [-0.3, -0.25) is 0 Å². The van der Waals surface area contributed by atoms with E-state index >= 15 is 0 Å². The molecule has 0 fully saturated rings. The van der Waals surface area contributed by atoms with Crippen molar-refractivity contribution in [2.75, 3.05) is 0 Å². The first-order chi connectivity index (χ1) is 10.7. The highest BCUT2D eigenvalue weighted by Crippen LogP contribution is 2.21. The quantitative estimate of drug-likeness (QED) is 0.283. The lowest BCUT2D eigenvalue weighted by Crippen LogP contribution is -2.70. The summed E-state index contributed by atoms with van der Waals surface area (Å²) in [7, 11) is 4.37. The Bertz CT molecular complexity index is 906. The van der Waals surface area contributed by atoms with Crippen molar-refractivity contribution in [1.29, 1.82) is 0 Å². The SMILES string of the molecule is Cn1ccc2c1B1c3c(cccc3Cc3ccc[n+](C)c31)C2. The number of aromatic nitrogens is 2. The molecule has 0 saturated heterocycles. The van der Waals surface area contributed by atoms with Crippen LogP contribution in [0.3, 0.4) is 0 Å². The fraction of sp³-hybridized carbons (Fsp3) is 0.211. The molecule has 0 atom stereocenters. The number of fused-ring (bicyclic) bond motifs is 4. The van der Waals surface area contributed by atoms with Crippen molar-refractivity contribution < 1.29 is 4.57 Å². The molecule has 0 aliphatic carbocycles. The Kier molecular flexibility index (Phi) is 2.30. The smallest absolute Gasteiger partial charge is 0.345 e. The monoisotopic (exact) mass is 285 g/mol. The molecule has 4 heterocycles. The van der Waals surface area contributed by atoms with Crippen molar-refractivity contribution in [1.82, 2.24) is 4.57 Å². The molecule has 3 aromatic rings. The maximum atomic E-state index is 2.32. The van der Waals surface area contributed by atoms with Crippen LogP contribution in [0.1, 0.15) is 22.3 Å². The standard InChI is InChI=1S/C19H18BN2/c1-21-9-4-7-15-11-13-5-3-6-14-12-16-8-10-22(2)19(16)20(17(13)14)18(15)21/h3-10H,11-12H2,1-2H3/q+1. The van der Waals surface area contributed by atoms with E-state index in [4.69, 9.17) is 0 Å². The number of hydrogen-bond donors (Lipinski definition) is 0. The summed E-state index contributed by atoms with van der Waals surface area (Å²) in [5, 5.41) is 0. The summed E-state index contributed by atoms with van der Waals surface area (Å²) < 4.78 is 4.64. The van der Waals surface area contributed by atoms with E-state index in [1.807, 2.05) is 0 Å². The Hall–Kier alpha value is -2.29. The van der Waals surface area contributed by atoms with Gasteiger partial charge in [0.2, 0.25) is 0 Å². The summed E-state index contributed by atoms with van der Waals surface area (Å²) >= 11 is 0. The number of nitrogens with zero attached hydrogens (tertiary/aromatic N) is 2. The van der Waals surface area contributed by atoms with E-state index in [2.05, 4.69) is 72.0 Å². The Balaban J connectivity index is 1.91. The van der Waals surface area contributed by atoms with Crippen LogP contribution in [0.2, 0.25) is 0 Å². The van der Waals surface area contributed by atoms with Gasteiger partial charge in [0.1, 0.15) is 7.05 Å². The number of pyridine rings is 1. The summed E-state index contributed by atoms with van der Waals surface area (Å²) in [4.78, 5) is 0. The predicted octanol–water partition coefficient (Wildman–Crippen LogP) is 0.174. The van der Waals surface area contributed by atoms with Gasteiger partial charge in [0.05, 0.1) is 0 Å². The number of aryl methyl sites for hydroxylation is 2. The van der Waals surface area contributed by atoms with Gasteiger partial charge in [0.15, 0.2) is 11.8 Å². The van der Waals surface area contributed by atoms with E-state index in [1.165, 1.54) is 33.4 Å². The fourth-order valence-corrected chi connectivity index (χ4v) is 4.51. The molecule has 0 radical (unpaired) electrons. The highest BCUT2D eigenvalue weighted by atomic mass is 14.9. The van der Waals surface area contributed by atoms with Crippen molar-refractivity contribution in [3.8, 4) is 0 Å². The Labute approximate surface area is 131 Å². The first-order valence-corrected chi connectivity index (χ1v) is 7.96. The van der Waals surface area contributed by atoms with Crippen molar-refractivity contribution >= 4 is 23.4 Å². The summed E-state index contributed by atoms with van der Waals surface area (Å²) in [5.74, 6) is 0. The van der Waals surface area contributed by atoms with E-state index in [9.17, 15) is 0 Å². The van der Waals surface area contributed by atoms with Gasteiger partial charge in [-0.15, -0.1) is 0 Å². The first kappa shape index (κ1) is 12.3. The molecule has 0 spiro atoms. The number of rotatable bonds is 0. The number of hydrogen-bond acceptors (Lipinski definition) is 0. The molecule has 0 N–H and O–H groups in total. The van der Waals surface area contributed by atoms with Crippen molar-refractivity contribution in [3.63, 3.8) is 0 Å². The van der Waals surface area contributed by atoms with Crippen LogP contribution in [0.25, 0.3) is 0 Å². The summed E-state index contributed by atoms with van der Waals surface area (Å²) in [6, 6.07) is 13.6. The maximum Gasteiger partial charge on any atom is 0.345 e. The zero-order chi connectivity index (χ0) is 14.8.